The molecule has 220 valence electrons. The monoisotopic (exact) mass is 559 g/mol. The van der Waals surface area contributed by atoms with Gasteiger partial charge in [0.25, 0.3) is 0 Å². The van der Waals surface area contributed by atoms with Crippen LogP contribution in [0.2, 0.25) is 0 Å². The van der Waals surface area contributed by atoms with Crippen molar-refractivity contribution in [3.05, 3.63) is 125 Å². The fourth-order valence-corrected chi connectivity index (χ4v) is 5.72. The highest BCUT2D eigenvalue weighted by molar-refractivity contribution is 5.66. The first kappa shape index (κ1) is 32.7. The Bertz CT molecular complexity index is 1410. The summed E-state index contributed by atoms with van der Waals surface area (Å²) in [5.74, 6) is 6.18. The van der Waals surface area contributed by atoms with Crippen molar-refractivity contribution in [2.45, 2.75) is 85.7 Å². The molecule has 2 nitrogen and oxygen atoms in total. The number of anilines is 1. The zero-order valence-electron chi connectivity index (χ0n) is 26.6. The Hall–Kier alpha value is -3.80. The van der Waals surface area contributed by atoms with Gasteiger partial charge in [-0.15, -0.1) is 5.92 Å². The van der Waals surface area contributed by atoms with Crippen molar-refractivity contribution >= 4 is 5.69 Å². The maximum atomic E-state index is 6.92. The highest BCUT2D eigenvalue weighted by Crippen LogP contribution is 2.38. The van der Waals surface area contributed by atoms with Crippen LogP contribution in [0.25, 0.3) is 11.1 Å². The molecule has 0 heterocycles. The minimum atomic E-state index is -0.382. The van der Waals surface area contributed by atoms with Gasteiger partial charge in [-0.25, -0.2) is 0 Å². The van der Waals surface area contributed by atoms with Crippen molar-refractivity contribution in [2.24, 2.45) is 0 Å². The van der Waals surface area contributed by atoms with Crippen molar-refractivity contribution in [1.82, 2.24) is 0 Å². The van der Waals surface area contributed by atoms with Crippen LogP contribution in [0, 0.1) is 25.7 Å². The lowest BCUT2D eigenvalue weighted by atomic mass is 9.83. The molecule has 0 saturated carbocycles. The van der Waals surface area contributed by atoms with Crippen LogP contribution in [0.4, 0.5) is 5.69 Å². The third kappa shape index (κ3) is 9.64. The van der Waals surface area contributed by atoms with Crippen molar-refractivity contribution in [2.75, 3.05) is 11.9 Å². The first-order valence-corrected chi connectivity index (χ1v) is 15.4. The number of aryl methyl sites for hydroxylation is 2. The molecule has 0 bridgehead atoms. The quantitative estimate of drug-likeness (QED) is 0.114. The molecule has 1 atom stereocenters. The Labute approximate surface area is 255 Å². The Morgan fingerprint density at radius 3 is 2.31 bits per heavy atom. The predicted molar refractivity (Wildman–Crippen MR) is 183 cm³/mol. The minimum absolute atomic E-state index is 0.382. The van der Waals surface area contributed by atoms with Gasteiger partial charge < -0.3 is 10.1 Å². The third-order valence-electron chi connectivity index (χ3n) is 7.64. The zero-order chi connectivity index (χ0) is 30.4. The normalized spacial score (nSPS) is 13.0. The van der Waals surface area contributed by atoms with Gasteiger partial charge in [0, 0.05) is 16.9 Å². The standard InChI is InChI=1S/C40H49NO/c1-8-15-34(11-4)17-12-13-25-40(24-10-3,42-30-33(7)41-39-27-31(5)26-32(6)28-39)38-22-20-36(21-23-38)37-19-14-18-35(29-37)16-9-2/h8,11,14-15,18-23,26-29,41H,7,10,12-13,17,24-25,30H2,1-6H3/b15-8-,34-11+. The van der Waals surface area contributed by atoms with E-state index in [9.17, 15) is 0 Å². The third-order valence-corrected chi connectivity index (χ3v) is 7.64. The molecule has 0 aliphatic heterocycles. The summed E-state index contributed by atoms with van der Waals surface area (Å²) in [6, 6.07) is 23.9. The van der Waals surface area contributed by atoms with E-state index in [2.05, 4.69) is 143 Å². The molecule has 0 fully saturated rings. The Morgan fingerprint density at radius 1 is 0.929 bits per heavy atom. The van der Waals surface area contributed by atoms with Gasteiger partial charge in [-0.1, -0.05) is 92.1 Å². The van der Waals surface area contributed by atoms with E-state index in [1.807, 2.05) is 6.92 Å². The van der Waals surface area contributed by atoms with Gasteiger partial charge in [-0.2, -0.15) is 0 Å². The molecule has 1 N–H and O–H groups in total. The topological polar surface area (TPSA) is 21.3 Å². The van der Waals surface area contributed by atoms with Gasteiger partial charge in [0.05, 0.1) is 12.2 Å². The fraction of sp³-hybridized carbons (Fsp3) is 0.350. The van der Waals surface area contributed by atoms with Crippen molar-refractivity contribution < 1.29 is 4.74 Å². The summed E-state index contributed by atoms with van der Waals surface area (Å²) in [6.07, 6.45) is 12.8. The second-order valence-corrected chi connectivity index (χ2v) is 11.2. The number of rotatable bonds is 15. The Morgan fingerprint density at radius 2 is 1.67 bits per heavy atom. The minimum Gasteiger partial charge on any atom is -0.364 e. The average Bonchev–Trinajstić information content (AvgIpc) is 2.97. The number of unbranched alkanes of at least 4 members (excludes halogenated alkanes) is 1. The highest BCUT2D eigenvalue weighted by atomic mass is 16.5. The van der Waals surface area contributed by atoms with Crippen LogP contribution in [-0.4, -0.2) is 6.61 Å². The SMILES string of the molecule is C=C(COC(CCC)(CCCCC(/C=C\C)=C/C)c1ccc(-c2cccc(C#CC)c2)cc1)Nc1cc(C)cc(C)c1. The fourth-order valence-electron chi connectivity index (χ4n) is 5.72. The number of allylic oxidation sites excluding steroid dienone is 4. The molecule has 42 heavy (non-hydrogen) atoms. The molecule has 0 amide bonds. The molecule has 2 heteroatoms. The van der Waals surface area contributed by atoms with Crippen LogP contribution < -0.4 is 5.32 Å². The molecule has 0 aromatic heterocycles. The van der Waals surface area contributed by atoms with E-state index in [1.54, 1.807) is 0 Å². The Balaban J connectivity index is 1.85. The summed E-state index contributed by atoms with van der Waals surface area (Å²) in [4.78, 5) is 0. The van der Waals surface area contributed by atoms with Crippen molar-refractivity contribution in [3.63, 3.8) is 0 Å². The predicted octanol–water partition coefficient (Wildman–Crippen LogP) is 11.1. The van der Waals surface area contributed by atoms with Gasteiger partial charge in [0.1, 0.15) is 0 Å². The second kappa shape index (κ2) is 16.6. The Kier molecular flexibility index (Phi) is 12.9. The number of ether oxygens (including phenoxy) is 1. The molecular weight excluding hydrogens is 510 g/mol. The van der Waals surface area contributed by atoms with Crippen LogP contribution in [0.5, 0.6) is 0 Å². The van der Waals surface area contributed by atoms with Gasteiger partial charge in [0.2, 0.25) is 0 Å². The second-order valence-electron chi connectivity index (χ2n) is 11.2. The van der Waals surface area contributed by atoms with E-state index in [0.29, 0.717) is 6.61 Å². The zero-order valence-corrected chi connectivity index (χ0v) is 26.6. The molecule has 3 aromatic rings. The first-order valence-electron chi connectivity index (χ1n) is 15.4. The van der Waals surface area contributed by atoms with E-state index in [4.69, 9.17) is 4.74 Å². The summed E-state index contributed by atoms with van der Waals surface area (Å²) < 4.78 is 6.92. The number of hydrogen-bond acceptors (Lipinski definition) is 2. The molecule has 3 aromatic carbocycles. The largest absolute Gasteiger partial charge is 0.364 e. The lowest BCUT2D eigenvalue weighted by Crippen LogP contribution is -2.31. The number of hydrogen-bond donors (Lipinski definition) is 1. The van der Waals surface area contributed by atoms with Crippen LogP contribution in [0.3, 0.4) is 0 Å². The maximum absolute atomic E-state index is 6.92. The lowest BCUT2D eigenvalue weighted by Gasteiger charge is -2.35. The summed E-state index contributed by atoms with van der Waals surface area (Å²) in [6.45, 7) is 17.4. The van der Waals surface area contributed by atoms with Gasteiger partial charge >= 0.3 is 0 Å². The highest BCUT2D eigenvalue weighted by Gasteiger charge is 2.32. The van der Waals surface area contributed by atoms with Crippen LogP contribution >= 0.6 is 0 Å². The molecular formula is C40H49NO. The molecule has 1 unspecified atom stereocenters. The van der Waals surface area contributed by atoms with E-state index in [0.717, 1.165) is 55.5 Å². The van der Waals surface area contributed by atoms with Gasteiger partial charge in [-0.3, -0.25) is 0 Å². The molecule has 0 aliphatic carbocycles. The molecule has 0 spiro atoms. The average molecular weight is 560 g/mol. The first-order chi connectivity index (χ1) is 20.3. The van der Waals surface area contributed by atoms with Gasteiger partial charge in [0.15, 0.2) is 0 Å². The van der Waals surface area contributed by atoms with E-state index < -0.39 is 0 Å². The van der Waals surface area contributed by atoms with Crippen LogP contribution in [0.1, 0.15) is 88.5 Å². The summed E-state index contributed by atoms with van der Waals surface area (Å²) in [5.41, 5.74) is 10.0. The number of benzene rings is 3. The maximum Gasteiger partial charge on any atom is 0.0936 e. The van der Waals surface area contributed by atoms with Gasteiger partial charge in [-0.05, 0) is 119 Å². The molecule has 3 rings (SSSR count). The molecule has 0 radical (unpaired) electrons. The van der Waals surface area contributed by atoms with Crippen molar-refractivity contribution in [3.8, 4) is 23.0 Å². The van der Waals surface area contributed by atoms with E-state index in [1.165, 1.54) is 33.4 Å². The molecule has 0 aliphatic rings. The summed E-state index contributed by atoms with van der Waals surface area (Å²) in [5, 5.41) is 3.49. The lowest BCUT2D eigenvalue weighted by molar-refractivity contribution is -0.0543. The van der Waals surface area contributed by atoms with E-state index in [-0.39, 0.29) is 5.60 Å². The number of nitrogens with one attached hydrogen (secondary N) is 1. The summed E-state index contributed by atoms with van der Waals surface area (Å²) >= 11 is 0. The smallest absolute Gasteiger partial charge is 0.0936 e. The van der Waals surface area contributed by atoms with Crippen LogP contribution in [-0.2, 0) is 10.3 Å². The van der Waals surface area contributed by atoms with Crippen molar-refractivity contribution in [1.29, 1.82) is 0 Å². The van der Waals surface area contributed by atoms with Crippen LogP contribution in [0.15, 0.2) is 103 Å². The molecule has 0 saturated heterocycles. The van der Waals surface area contributed by atoms with E-state index >= 15 is 0 Å². The summed E-state index contributed by atoms with van der Waals surface area (Å²) in [7, 11) is 0.